The van der Waals surface area contributed by atoms with Gasteiger partial charge in [-0.05, 0) is 61.3 Å². The Kier molecular flexibility index (Phi) is 4.84. The summed E-state index contributed by atoms with van der Waals surface area (Å²) in [6, 6.07) is 8.79. The first-order chi connectivity index (χ1) is 9.43. The number of aryl methyl sites for hydroxylation is 2. The SMILES string of the molecule is CNC(c1cc(C)c(Cl)cc1C)c1ccc(F)cc1Br. The summed E-state index contributed by atoms with van der Waals surface area (Å²) in [5.74, 6) is -0.250. The summed E-state index contributed by atoms with van der Waals surface area (Å²) in [6.45, 7) is 4.01. The van der Waals surface area contributed by atoms with Gasteiger partial charge in [0.2, 0.25) is 0 Å². The molecule has 0 saturated carbocycles. The third kappa shape index (κ3) is 3.05. The number of rotatable bonds is 3. The molecule has 2 aromatic rings. The van der Waals surface area contributed by atoms with Crippen LogP contribution in [-0.2, 0) is 0 Å². The second kappa shape index (κ2) is 6.25. The number of halogens is 3. The van der Waals surface area contributed by atoms with Crippen LogP contribution in [0.25, 0.3) is 0 Å². The molecule has 1 unspecified atom stereocenters. The van der Waals surface area contributed by atoms with Crippen LogP contribution < -0.4 is 5.32 Å². The molecule has 2 aromatic carbocycles. The average Bonchev–Trinajstić information content (AvgIpc) is 2.38. The number of benzene rings is 2. The summed E-state index contributed by atoms with van der Waals surface area (Å²) in [4.78, 5) is 0. The van der Waals surface area contributed by atoms with Gasteiger partial charge >= 0.3 is 0 Å². The molecule has 0 radical (unpaired) electrons. The van der Waals surface area contributed by atoms with Crippen molar-refractivity contribution in [3.8, 4) is 0 Å². The van der Waals surface area contributed by atoms with E-state index in [0.29, 0.717) is 0 Å². The fourth-order valence-corrected chi connectivity index (χ4v) is 3.13. The zero-order valence-electron chi connectivity index (χ0n) is 11.6. The Morgan fingerprint density at radius 3 is 2.40 bits per heavy atom. The van der Waals surface area contributed by atoms with Gasteiger partial charge in [-0.15, -0.1) is 0 Å². The zero-order chi connectivity index (χ0) is 14.9. The molecule has 0 aromatic heterocycles. The first kappa shape index (κ1) is 15.5. The van der Waals surface area contributed by atoms with Gasteiger partial charge in [0.15, 0.2) is 0 Å². The van der Waals surface area contributed by atoms with Gasteiger partial charge in [-0.25, -0.2) is 4.39 Å². The molecule has 1 atom stereocenters. The van der Waals surface area contributed by atoms with Gasteiger partial charge in [-0.1, -0.05) is 39.7 Å². The van der Waals surface area contributed by atoms with E-state index >= 15 is 0 Å². The maximum absolute atomic E-state index is 13.2. The van der Waals surface area contributed by atoms with Gasteiger partial charge < -0.3 is 5.32 Å². The second-order valence-corrected chi connectivity index (χ2v) is 6.11. The molecule has 0 spiro atoms. The van der Waals surface area contributed by atoms with E-state index in [1.54, 1.807) is 6.07 Å². The third-order valence-electron chi connectivity index (χ3n) is 3.42. The van der Waals surface area contributed by atoms with Crippen LogP contribution in [0.2, 0.25) is 5.02 Å². The molecule has 0 fully saturated rings. The molecule has 0 amide bonds. The van der Waals surface area contributed by atoms with Crippen LogP contribution in [0.3, 0.4) is 0 Å². The molecule has 4 heteroatoms. The van der Waals surface area contributed by atoms with Crippen LogP contribution in [0.4, 0.5) is 4.39 Å². The molecule has 1 N–H and O–H groups in total. The first-order valence-corrected chi connectivity index (χ1v) is 7.50. The fraction of sp³-hybridized carbons (Fsp3) is 0.250. The predicted octanol–water partition coefficient (Wildman–Crippen LogP) is 5.17. The Bertz CT molecular complexity index is 643. The molecule has 1 nitrogen and oxygen atoms in total. The van der Waals surface area contributed by atoms with Crippen molar-refractivity contribution >= 4 is 27.5 Å². The Morgan fingerprint density at radius 1 is 1.10 bits per heavy atom. The van der Waals surface area contributed by atoms with Crippen LogP contribution in [-0.4, -0.2) is 7.05 Å². The zero-order valence-corrected chi connectivity index (χ0v) is 13.9. The van der Waals surface area contributed by atoms with Gasteiger partial charge in [0.25, 0.3) is 0 Å². The topological polar surface area (TPSA) is 12.0 Å². The summed E-state index contributed by atoms with van der Waals surface area (Å²) in [5.41, 5.74) is 4.28. The Balaban J connectivity index is 2.55. The van der Waals surface area contributed by atoms with E-state index in [-0.39, 0.29) is 11.9 Å². The minimum Gasteiger partial charge on any atom is -0.309 e. The number of nitrogens with one attached hydrogen (secondary N) is 1. The highest BCUT2D eigenvalue weighted by molar-refractivity contribution is 9.10. The van der Waals surface area contributed by atoms with Crippen LogP contribution in [0, 0.1) is 19.7 Å². The lowest BCUT2D eigenvalue weighted by atomic mass is 9.93. The van der Waals surface area contributed by atoms with E-state index in [1.165, 1.54) is 12.1 Å². The summed E-state index contributed by atoms with van der Waals surface area (Å²) in [5, 5.41) is 4.05. The summed E-state index contributed by atoms with van der Waals surface area (Å²) >= 11 is 9.59. The lowest BCUT2D eigenvalue weighted by molar-refractivity contribution is 0.621. The van der Waals surface area contributed by atoms with E-state index in [4.69, 9.17) is 11.6 Å². The predicted molar refractivity (Wildman–Crippen MR) is 85.9 cm³/mol. The highest BCUT2D eigenvalue weighted by Crippen LogP contribution is 2.32. The highest BCUT2D eigenvalue weighted by Gasteiger charge is 2.18. The minimum atomic E-state index is -0.250. The van der Waals surface area contributed by atoms with Crippen molar-refractivity contribution < 1.29 is 4.39 Å². The van der Waals surface area contributed by atoms with Gasteiger partial charge in [-0.3, -0.25) is 0 Å². The molecule has 0 heterocycles. The van der Waals surface area contributed by atoms with Gasteiger partial charge in [0, 0.05) is 9.50 Å². The molecule has 106 valence electrons. The monoisotopic (exact) mass is 355 g/mol. The van der Waals surface area contributed by atoms with E-state index in [2.05, 4.69) is 27.3 Å². The average molecular weight is 357 g/mol. The van der Waals surface area contributed by atoms with Crippen molar-refractivity contribution in [1.29, 1.82) is 0 Å². The van der Waals surface area contributed by atoms with Crippen LogP contribution in [0.15, 0.2) is 34.8 Å². The Morgan fingerprint density at radius 2 is 1.80 bits per heavy atom. The molecule has 0 aliphatic carbocycles. The van der Waals surface area contributed by atoms with Crippen LogP contribution >= 0.6 is 27.5 Å². The quantitative estimate of drug-likeness (QED) is 0.800. The van der Waals surface area contributed by atoms with Crippen molar-refractivity contribution in [3.05, 3.63) is 67.9 Å². The molecule has 0 saturated heterocycles. The van der Waals surface area contributed by atoms with E-state index in [1.807, 2.05) is 27.0 Å². The fourth-order valence-electron chi connectivity index (χ4n) is 2.33. The minimum absolute atomic E-state index is 0.0130. The first-order valence-electron chi connectivity index (χ1n) is 6.33. The van der Waals surface area contributed by atoms with Gasteiger partial charge in [0.05, 0.1) is 6.04 Å². The summed E-state index contributed by atoms with van der Waals surface area (Å²) in [6.07, 6.45) is 0. The van der Waals surface area contributed by atoms with E-state index in [0.717, 1.165) is 31.7 Å². The van der Waals surface area contributed by atoms with Crippen LogP contribution in [0.1, 0.15) is 28.3 Å². The molecular weight excluding hydrogens is 341 g/mol. The molecule has 2 rings (SSSR count). The lowest BCUT2D eigenvalue weighted by Gasteiger charge is -2.22. The maximum atomic E-state index is 13.2. The van der Waals surface area contributed by atoms with E-state index < -0.39 is 0 Å². The van der Waals surface area contributed by atoms with Crippen molar-refractivity contribution in [3.63, 3.8) is 0 Å². The Hall–Kier alpha value is -0.900. The maximum Gasteiger partial charge on any atom is 0.124 e. The summed E-state index contributed by atoms with van der Waals surface area (Å²) in [7, 11) is 1.89. The largest absolute Gasteiger partial charge is 0.309 e. The van der Waals surface area contributed by atoms with Crippen molar-refractivity contribution in [2.75, 3.05) is 7.05 Å². The molecule has 0 bridgehead atoms. The normalized spacial score (nSPS) is 12.5. The molecule has 0 aliphatic heterocycles. The van der Waals surface area contributed by atoms with Crippen molar-refractivity contribution in [2.45, 2.75) is 19.9 Å². The highest BCUT2D eigenvalue weighted by atomic mass is 79.9. The lowest BCUT2D eigenvalue weighted by Crippen LogP contribution is -2.19. The smallest absolute Gasteiger partial charge is 0.124 e. The second-order valence-electron chi connectivity index (χ2n) is 4.85. The van der Waals surface area contributed by atoms with Crippen molar-refractivity contribution in [1.82, 2.24) is 5.32 Å². The number of hydrogen-bond donors (Lipinski definition) is 1. The third-order valence-corrected chi connectivity index (χ3v) is 4.51. The van der Waals surface area contributed by atoms with Gasteiger partial charge in [0.1, 0.15) is 5.82 Å². The van der Waals surface area contributed by atoms with Crippen molar-refractivity contribution in [2.24, 2.45) is 0 Å². The van der Waals surface area contributed by atoms with E-state index in [9.17, 15) is 4.39 Å². The standard InChI is InChI=1S/C16H16BrClFN/c1-9-7-15(18)10(2)6-13(9)16(20-3)12-5-4-11(19)8-14(12)17/h4-8,16,20H,1-3H3. The molecular formula is C16H16BrClFN. The van der Waals surface area contributed by atoms with Crippen LogP contribution in [0.5, 0.6) is 0 Å². The summed E-state index contributed by atoms with van der Waals surface area (Å²) < 4.78 is 14.0. The Labute approximate surface area is 132 Å². The molecule has 20 heavy (non-hydrogen) atoms. The molecule has 0 aliphatic rings. The number of hydrogen-bond acceptors (Lipinski definition) is 1. The van der Waals surface area contributed by atoms with Gasteiger partial charge in [-0.2, -0.15) is 0 Å².